The van der Waals surface area contributed by atoms with Gasteiger partial charge in [-0.3, -0.25) is 9.59 Å². The van der Waals surface area contributed by atoms with Crippen molar-refractivity contribution < 1.29 is 14.3 Å². The van der Waals surface area contributed by atoms with Crippen molar-refractivity contribution in [2.75, 3.05) is 13.1 Å². The molecule has 6 nitrogen and oxygen atoms in total. The van der Waals surface area contributed by atoms with E-state index in [4.69, 9.17) is 16.3 Å². The second-order valence-electron chi connectivity index (χ2n) is 8.09. The number of likely N-dealkylation sites (tertiary alicyclic amines) is 1. The molecule has 0 aliphatic carbocycles. The Balaban J connectivity index is 1.44. The molecule has 0 aromatic heterocycles. The fourth-order valence-corrected chi connectivity index (χ4v) is 4.12. The van der Waals surface area contributed by atoms with Crippen LogP contribution in [0.2, 0.25) is 5.02 Å². The molecule has 7 heteroatoms. The molecule has 1 fully saturated rings. The van der Waals surface area contributed by atoms with Gasteiger partial charge in [-0.15, -0.1) is 0 Å². The van der Waals surface area contributed by atoms with Crippen LogP contribution in [0.25, 0.3) is 0 Å². The topological polar surface area (TPSA) is 82.4 Å². The maximum absolute atomic E-state index is 12.8. The van der Waals surface area contributed by atoms with Gasteiger partial charge in [0.2, 0.25) is 0 Å². The number of ether oxygens (including phenoxy) is 1. The maximum atomic E-state index is 12.8. The van der Waals surface area contributed by atoms with Gasteiger partial charge in [-0.2, -0.15) is 5.26 Å². The summed E-state index contributed by atoms with van der Waals surface area (Å²) in [4.78, 5) is 27.2. The number of amides is 2. The van der Waals surface area contributed by atoms with Crippen LogP contribution in [-0.2, 0) is 13.2 Å². The minimum atomic E-state index is -0.335. The summed E-state index contributed by atoms with van der Waals surface area (Å²) in [5.74, 6) is 0.147. The zero-order valence-electron chi connectivity index (χ0n) is 18.6. The smallest absolute Gasteiger partial charge is 0.255 e. The fourth-order valence-electron chi connectivity index (χ4n) is 3.86. The number of nitriles is 1. The fraction of sp³-hybridized carbons (Fsp3) is 0.222. The summed E-state index contributed by atoms with van der Waals surface area (Å²) in [6.07, 6.45) is 1.99. The predicted molar refractivity (Wildman–Crippen MR) is 130 cm³/mol. The van der Waals surface area contributed by atoms with Gasteiger partial charge >= 0.3 is 0 Å². The average Bonchev–Trinajstić information content (AvgIpc) is 3.41. The van der Waals surface area contributed by atoms with Gasteiger partial charge in [0, 0.05) is 30.8 Å². The minimum Gasteiger partial charge on any atom is -0.489 e. The number of benzene rings is 3. The molecule has 3 aromatic carbocycles. The third-order valence-corrected chi connectivity index (χ3v) is 6.03. The van der Waals surface area contributed by atoms with Gasteiger partial charge in [0.1, 0.15) is 12.4 Å². The van der Waals surface area contributed by atoms with Crippen LogP contribution in [0.3, 0.4) is 0 Å². The SMILES string of the molecule is N#Cc1ccc(OCc2ccccc2)c(CNC(=O)c2ccc(C(=O)N3CCCC3)c(Cl)c2)c1. The Kier molecular flexibility index (Phi) is 7.46. The molecular formula is C27H24ClN3O3. The molecule has 0 saturated carbocycles. The second-order valence-corrected chi connectivity index (χ2v) is 8.49. The molecule has 2 amide bonds. The molecule has 1 N–H and O–H groups in total. The Bertz CT molecular complexity index is 1230. The van der Waals surface area contributed by atoms with Crippen LogP contribution in [0.5, 0.6) is 5.75 Å². The van der Waals surface area contributed by atoms with E-state index in [0.717, 1.165) is 31.5 Å². The Morgan fingerprint density at radius 3 is 2.50 bits per heavy atom. The van der Waals surface area contributed by atoms with Gasteiger partial charge < -0.3 is 15.0 Å². The first-order chi connectivity index (χ1) is 16.5. The summed E-state index contributed by atoms with van der Waals surface area (Å²) in [6.45, 7) is 2.00. The maximum Gasteiger partial charge on any atom is 0.255 e. The van der Waals surface area contributed by atoms with Crippen molar-refractivity contribution in [3.05, 3.63) is 99.6 Å². The van der Waals surface area contributed by atoms with Crippen LogP contribution >= 0.6 is 11.6 Å². The molecular weight excluding hydrogens is 450 g/mol. The molecule has 0 atom stereocenters. The third-order valence-electron chi connectivity index (χ3n) is 5.72. The molecule has 0 spiro atoms. The highest BCUT2D eigenvalue weighted by atomic mass is 35.5. The van der Waals surface area contributed by atoms with Gasteiger partial charge in [0.05, 0.1) is 22.2 Å². The molecule has 0 radical (unpaired) electrons. The second kappa shape index (κ2) is 10.9. The molecule has 3 aromatic rings. The number of hydrogen-bond donors (Lipinski definition) is 1. The van der Waals surface area contributed by atoms with Crippen molar-refractivity contribution in [2.24, 2.45) is 0 Å². The van der Waals surface area contributed by atoms with Gasteiger partial charge in [-0.05, 0) is 54.8 Å². The van der Waals surface area contributed by atoms with Crippen molar-refractivity contribution >= 4 is 23.4 Å². The predicted octanol–water partition coefficient (Wildman–Crippen LogP) is 4.96. The van der Waals surface area contributed by atoms with E-state index in [9.17, 15) is 14.9 Å². The van der Waals surface area contributed by atoms with Crippen LogP contribution in [0.1, 0.15) is 50.2 Å². The lowest BCUT2D eigenvalue weighted by Gasteiger charge is -2.16. The van der Waals surface area contributed by atoms with Gasteiger partial charge in [-0.25, -0.2) is 0 Å². The third kappa shape index (κ3) is 5.56. The summed E-state index contributed by atoms with van der Waals surface area (Å²) >= 11 is 6.34. The first kappa shape index (κ1) is 23.3. The van der Waals surface area contributed by atoms with E-state index in [1.54, 1.807) is 35.2 Å². The summed E-state index contributed by atoms with van der Waals surface area (Å²) in [5.41, 5.74) is 2.93. The van der Waals surface area contributed by atoms with E-state index < -0.39 is 0 Å². The number of carbonyl (C=O) groups excluding carboxylic acids is 2. The summed E-state index contributed by atoms with van der Waals surface area (Å²) in [5, 5.41) is 12.4. The standard InChI is InChI=1S/C27H24ClN3O3/c28-24-15-21(9-10-23(24)27(33)31-12-4-5-13-31)26(32)30-17-22-14-20(16-29)8-11-25(22)34-18-19-6-2-1-3-7-19/h1-3,6-11,14-15H,4-5,12-13,17-18H2,(H,30,32). The molecule has 34 heavy (non-hydrogen) atoms. The Labute approximate surface area is 203 Å². The lowest BCUT2D eigenvalue weighted by Crippen LogP contribution is -2.28. The molecule has 1 saturated heterocycles. The van der Waals surface area contributed by atoms with Gasteiger partial charge in [0.15, 0.2) is 0 Å². The van der Waals surface area contributed by atoms with Crippen molar-refractivity contribution in [2.45, 2.75) is 26.0 Å². The molecule has 172 valence electrons. The van der Waals surface area contributed by atoms with Gasteiger partial charge in [0.25, 0.3) is 11.8 Å². The molecule has 1 aliphatic rings. The van der Waals surface area contributed by atoms with Crippen molar-refractivity contribution in [1.82, 2.24) is 10.2 Å². The number of rotatable bonds is 7. The van der Waals surface area contributed by atoms with E-state index in [0.29, 0.717) is 34.6 Å². The number of halogens is 1. The summed E-state index contributed by atoms with van der Waals surface area (Å²) < 4.78 is 5.95. The van der Waals surface area contributed by atoms with Crippen LogP contribution in [0.4, 0.5) is 0 Å². The quantitative estimate of drug-likeness (QED) is 0.526. The molecule has 1 heterocycles. The van der Waals surface area contributed by atoms with Crippen LogP contribution in [-0.4, -0.2) is 29.8 Å². The first-order valence-corrected chi connectivity index (χ1v) is 11.5. The largest absolute Gasteiger partial charge is 0.489 e. The Morgan fingerprint density at radius 2 is 1.79 bits per heavy atom. The first-order valence-electron chi connectivity index (χ1n) is 11.1. The monoisotopic (exact) mass is 473 g/mol. The van der Waals surface area contributed by atoms with Gasteiger partial charge in [-0.1, -0.05) is 41.9 Å². The van der Waals surface area contributed by atoms with Crippen LogP contribution < -0.4 is 10.1 Å². The highest BCUT2D eigenvalue weighted by molar-refractivity contribution is 6.34. The van der Waals surface area contributed by atoms with E-state index in [-0.39, 0.29) is 23.4 Å². The highest BCUT2D eigenvalue weighted by Gasteiger charge is 2.22. The Morgan fingerprint density at radius 1 is 1.03 bits per heavy atom. The van der Waals surface area contributed by atoms with E-state index in [2.05, 4.69) is 11.4 Å². The molecule has 1 aliphatic heterocycles. The summed E-state index contributed by atoms with van der Waals surface area (Å²) in [7, 11) is 0. The van der Waals surface area contributed by atoms with E-state index in [1.165, 1.54) is 6.07 Å². The minimum absolute atomic E-state index is 0.108. The highest BCUT2D eigenvalue weighted by Crippen LogP contribution is 2.24. The van der Waals surface area contributed by atoms with Crippen molar-refractivity contribution in [3.8, 4) is 11.8 Å². The van der Waals surface area contributed by atoms with Crippen molar-refractivity contribution in [1.29, 1.82) is 5.26 Å². The van der Waals surface area contributed by atoms with E-state index >= 15 is 0 Å². The molecule has 0 unspecified atom stereocenters. The van der Waals surface area contributed by atoms with Crippen molar-refractivity contribution in [3.63, 3.8) is 0 Å². The number of nitrogens with one attached hydrogen (secondary N) is 1. The van der Waals surface area contributed by atoms with E-state index in [1.807, 2.05) is 30.3 Å². The zero-order valence-corrected chi connectivity index (χ0v) is 19.3. The average molecular weight is 474 g/mol. The number of carbonyl (C=O) groups is 2. The summed E-state index contributed by atoms with van der Waals surface area (Å²) in [6, 6.07) is 21.7. The molecule has 4 rings (SSSR count). The Hall–Kier alpha value is -3.82. The van der Waals surface area contributed by atoms with Crippen LogP contribution in [0, 0.1) is 11.3 Å². The number of nitrogens with zero attached hydrogens (tertiary/aromatic N) is 2. The molecule has 0 bridgehead atoms. The lowest BCUT2D eigenvalue weighted by molar-refractivity contribution is 0.0792. The normalized spacial score (nSPS) is 12.8. The zero-order chi connectivity index (χ0) is 23.9. The van der Waals surface area contributed by atoms with Crippen LogP contribution in [0.15, 0.2) is 66.7 Å². The lowest BCUT2D eigenvalue weighted by atomic mass is 10.1. The number of hydrogen-bond acceptors (Lipinski definition) is 4.